The third kappa shape index (κ3) is 3.85. The molecular weight excluding hydrogens is 711 g/mol. The number of rotatable bonds is 3. The fourth-order valence-corrected chi connectivity index (χ4v) is 5.67. The van der Waals surface area contributed by atoms with Crippen molar-refractivity contribution in [3.63, 3.8) is 0 Å². The minimum absolute atomic E-state index is 0. The van der Waals surface area contributed by atoms with Crippen molar-refractivity contribution in [3.05, 3.63) is 120 Å². The van der Waals surface area contributed by atoms with E-state index in [-0.39, 0.29) is 21.1 Å². The Bertz CT molecular complexity index is 2180. The summed E-state index contributed by atoms with van der Waals surface area (Å²) in [5.41, 5.74) is 3.70. The average Bonchev–Trinajstić information content (AvgIpc) is 3.59. The molecule has 0 aliphatic rings. The van der Waals surface area contributed by atoms with Crippen LogP contribution in [0.4, 0.5) is 17.6 Å². The molecule has 8 rings (SSSR count). The van der Waals surface area contributed by atoms with Crippen LogP contribution in [0.2, 0.25) is 0 Å². The molecule has 9 heteroatoms. The van der Waals surface area contributed by atoms with Gasteiger partial charge in [0.15, 0.2) is 23.3 Å². The summed E-state index contributed by atoms with van der Waals surface area (Å²) in [5, 5.41) is 4.04. The van der Waals surface area contributed by atoms with Gasteiger partial charge in [-0.2, -0.15) is 0 Å². The number of halogens is 4. The number of nitrogens with zero attached hydrogens (tertiary/aromatic N) is 4. The number of benzene rings is 4. The van der Waals surface area contributed by atoms with Crippen molar-refractivity contribution in [1.82, 2.24) is 18.8 Å². The van der Waals surface area contributed by atoms with Gasteiger partial charge in [0.25, 0.3) is 0 Å². The predicted octanol–water partition coefficient (Wildman–Crippen LogP) is 7.53. The Morgan fingerprint density at radius 2 is 1.00 bits per heavy atom. The molecule has 202 valence electrons. The summed E-state index contributed by atoms with van der Waals surface area (Å²) in [6, 6.07) is 22.0. The summed E-state index contributed by atoms with van der Waals surface area (Å²) in [4.78, 5) is 9.63. The Kier molecular flexibility index (Phi) is 5.87. The summed E-state index contributed by atoms with van der Waals surface area (Å²) < 4.78 is 60.3. The molecule has 41 heavy (non-hydrogen) atoms. The maximum absolute atomic E-state index is 14.2. The van der Waals surface area contributed by atoms with Gasteiger partial charge in [0.1, 0.15) is 0 Å². The van der Waals surface area contributed by atoms with Gasteiger partial charge >= 0.3 is 21.1 Å². The van der Waals surface area contributed by atoms with Crippen LogP contribution in [0, 0.1) is 35.4 Å². The van der Waals surface area contributed by atoms with Gasteiger partial charge in [-0.3, -0.25) is 9.97 Å². The second-order valence-electron chi connectivity index (χ2n) is 9.84. The number of pyridine rings is 2. The molecule has 0 radical (unpaired) electrons. The quantitative estimate of drug-likeness (QED) is 0.107. The molecule has 0 unspecified atom stereocenters. The smallest absolute Gasteiger partial charge is 0.340 e. The van der Waals surface area contributed by atoms with Gasteiger partial charge in [-0.25, -0.2) is 17.6 Å². The van der Waals surface area contributed by atoms with E-state index in [0.717, 1.165) is 22.2 Å². The average molecular weight is 728 g/mol. The van der Waals surface area contributed by atoms with Crippen LogP contribution >= 0.6 is 0 Å². The van der Waals surface area contributed by atoms with Crippen LogP contribution in [0.1, 0.15) is 11.4 Å². The molecule has 0 saturated heterocycles. The molecule has 4 heterocycles. The first-order chi connectivity index (χ1) is 19.5. The van der Waals surface area contributed by atoms with Crippen LogP contribution in [-0.2, 0) is 33.9 Å². The van der Waals surface area contributed by atoms with Crippen LogP contribution in [-0.4, -0.2) is 18.8 Å². The van der Waals surface area contributed by atoms with E-state index in [1.54, 1.807) is 33.1 Å². The molecule has 0 N–H and O–H groups in total. The van der Waals surface area contributed by atoms with Crippen molar-refractivity contribution in [3.8, 4) is 0 Å². The normalized spacial score (nSPS) is 11.9. The zero-order valence-corrected chi connectivity index (χ0v) is 23.2. The maximum atomic E-state index is 14.2. The van der Waals surface area contributed by atoms with E-state index in [9.17, 15) is 17.6 Å². The summed E-state index contributed by atoms with van der Waals surface area (Å²) in [7, 11) is 0. The zero-order chi connectivity index (χ0) is 27.1. The van der Waals surface area contributed by atoms with Gasteiger partial charge in [-0.15, -0.1) is 59.3 Å². The van der Waals surface area contributed by atoms with Crippen molar-refractivity contribution in [1.29, 1.82) is 0 Å². The van der Waals surface area contributed by atoms with Crippen LogP contribution in [0.3, 0.4) is 0 Å². The van der Waals surface area contributed by atoms with Gasteiger partial charge in [-0.1, -0.05) is 10.8 Å². The molecule has 0 amide bonds. The number of imidazole rings is 2. The van der Waals surface area contributed by atoms with Crippen molar-refractivity contribution >= 4 is 54.6 Å². The standard InChI is InChI=1S/C32H16F4N4.Pt/c33-25-11-23-19-5-1-3-7-21(19)31-37-17(15-39(31)29(23)13-27(25)35)9-10-18-16-40-30-14-28(36)26(34)12-24(30)20-6-2-4-8-22(20)32(40)38-18;/h1-6,11-16H,9-10H2;/q-2;+2. The fourth-order valence-electron chi connectivity index (χ4n) is 5.67. The van der Waals surface area contributed by atoms with Gasteiger partial charge in [0.05, 0.1) is 11.3 Å². The second-order valence-corrected chi connectivity index (χ2v) is 9.84. The van der Waals surface area contributed by atoms with Crippen molar-refractivity contribution in [2.24, 2.45) is 0 Å². The topological polar surface area (TPSA) is 34.6 Å². The molecule has 4 nitrogen and oxygen atoms in total. The number of aromatic nitrogens is 4. The van der Waals surface area contributed by atoms with Crippen molar-refractivity contribution < 1.29 is 38.6 Å². The van der Waals surface area contributed by atoms with Gasteiger partial charge in [0.2, 0.25) is 0 Å². The van der Waals surface area contributed by atoms with E-state index < -0.39 is 23.3 Å². The first-order valence-electron chi connectivity index (χ1n) is 12.6. The van der Waals surface area contributed by atoms with E-state index in [4.69, 9.17) is 9.97 Å². The Labute approximate surface area is 244 Å². The minimum Gasteiger partial charge on any atom is -0.340 e. The molecule has 8 aromatic rings. The van der Waals surface area contributed by atoms with Gasteiger partial charge in [-0.05, 0) is 47.9 Å². The molecule has 0 aliphatic carbocycles. The zero-order valence-electron chi connectivity index (χ0n) is 21.0. The molecular formula is C32H16F4N4Pt. The monoisotopic (exact) mass is 727 g/mol. The minimum atomic E-state index is -0.930. The third-order valence-corrected chi connectivity index (χ3v) is 7.49. The van der Waals surface area contributed by atoms with E-state index in [0.29, 0.717) is 56.7 Å². The van der Waals surface area contributed by atoms with E-state index in [1.165, 1.54) is 24.3 Å². The summed E-state index contributed by atoms with van der Waals surface area (Å²) in [6.45, 7) is 0. The van der Waals surface area contributed by atoms with Crippen molar-refractivity contribution in [2.75, 3.05) is 0 Å². The molecule has 0 atom stereocenters. The number of hydrogen-bond donors (Lipinski definition) is 0. The number of fused-ring (bicyclic) bond motifs is 12. The molecule has 0 saturated carbocycles. The Morgan fingerprint density at radius 1 is 0.585 bits per heavy atom. The first kappa shape index (κ1) is 25.7. The van der Waals surface area contributed by atoms with E-state index in [2.05, 4.69) is 12.1 Å². The molecule has 0 spiro atoms. The van der Waals surface area contributed by atoms with E-state index in [1.807, 2.05) is 24.5 Å². The Hall–Kier alpha value is -4.29. The second kappa shape index (κ2) is 9.38. The largest absolute Gasteiger partial charge is 2.00 e. The van der Waals surface area contributed by atoms with Gasteiger partial charge < -0.3 is 8.80 Å². The summed E-state index contributed by atoms with van der Waals surface area (Å²) >= 11 is 0. The van der Waals surface area contributed by atoms with E-state index >= 15 is 0 Å². The molecule has 4 aromatic heterocycles. The van der Waals surface area contributed by atoms with Crippen molar-refractivity contribution in [2.45, 2.75) is 12.8 Å². The first-order valence-corrected chi connectivity index (χ1v) is 12.6. The number of aryl methyl sites for hydroxylation is 2. The molecule has 0 fully saturated rings. The van der Waals surface area contributed by atoms with Gasteiger partial charge in [0, 0.05) is 34.8 Å². The van der Waals surface area contributed by atoms with Crippen LogP contribution in [0.15, 0.2) is 73.1 Å². The number of hydrogen-bond acceptors (Lipinski definition) is 2. The predicted molar refractivity (Wildman–Crippen MR) is 145 cm³/mol. The SMILES string of the molecule is Fc1cc2c3ccc[c-]c3c3nc(CCc4cn5c6cc(F)c(F)cc6c6ccc[c-]c6c5n4)cn3c2cc1F.[Pt+2]. The summed E-state index contributed by atoms with van der Waals surface area (Å²) in [6.07, 6.45) is 4.66. The van der Waals surface area contributed by atoms with Crippen LogP contribution in [0.25, 0.3) is 54.6 Å². The third-order valence-electron chi connectivity index (χ3n) is 7.49. The molecule has 0 bridgehead atoms. The van der Waals surface area contributed by atoms with Crippen LogP contribution in [0.5, 0.6) is 0 Å². The summed E-state index contributed by atoms with van der Waals surface area (Å²) in [5.74, 6) is -3.69. The maximum Gasteiger partial charge on any atom is 2.00 e. The Morgan fingerprint density at radius 3 is 1.44 bits per heavy atom. The fraction of sp³-hybridized carbons (Fsp3) is 0.0625. The Balaban J connectivity index is 0.00000276. The molecule has 0 aliphatic heterocycles. The molecule has 4 aromatic carbocycles. The van der Waals surface area contributed by atoms with Crippen LogP contribution < -0.4 is 0 Å².